The molecule has 0 aromatic carbocycles. The summed E-state index contributed by atoms with van der Waals surface area (Å²) in [6.07, 6.45) is 1.60. The molecule has 2 aromatic heterocycles. The highest BCUT2D eigenvalue weighted by atomic mass is 16.1. The van der Waals surface area contributed by atoms with Crippen molar-refractivity contribution in [3.05, 3.63) is 22.4 Å². The van der Waals surface area contributed by atoms with E-state index in [1.807, 2.05) is 27.7 Å². The molecule has 114 valence electrons. The second-order valence-electron chi connectivity index (χ2n) is 6.74. The number of hydrogen-bond acceptors (Lipinski definition) is 5. The van der Waals surface area contributed by atoms with Crippen molar-refractivity contribution in [2.45, 2.75) is 33.2 Å². The molecule has 0 amide bonds. The smallest absolute Gasteiger partial charge is 0.280 e. The second-order valence-corrected chi connectivity index (χ2v) is 6.74. The highest BCUT2D eigenvalue weighted by Crippen LogP contribution is 2.24. The summed E-state index contributed by atoms with van der Waals surface area (Å²) < 4.78 is 3.31. The van der Waals surface area contributed by atoms with Crippen LogP contribution in [-0.2, 0) is 5.54 Å². The van der Waals surface area contributed by atoms with Crippen LogP contribution in [0.2, 0.25) is 0 Å². The fourth-order valence-corrected chi connectivity index (χ4v) is 2.69. The van der Waals surface area contributed by atoms with Gasteiger partial charge in [0.1, 0.15) is 6.33 Å². The number of rotatable bonds is 2. The molecule has 0 unspecified atom stereocenters. The van der Waals surface area contributed by atoms with Crippen LogP contribution in [0.4, 0.5) is 5.95 Å². The van der Waals surface area contributed by atoms with Gasteiger partial charge in [-0.15, -0.1) is 0 Å². The van der Waals surface area contributed by atoms with E-state index in [2.05, 4.69) is 15.0 Å². The SMILES string of the molecule is Cc1nc(N2CC(CN)C2)n2ncn(C(C)(C)C)c(=O)c12. The Labute approximate surface area is 123 Å². The Balaban J connectivity index is 2.11. The standard InChI is InChI=1S/C14H22N6O/c1-9-11-12(21)19(14(2,3)4)8-16-20(11)13(17-9)18-6-10(5-15)7-18/h8,10H,5-7,15H2,1-4H3. The first-order chi connectivity index (χ1) is 9.82. The monoisotopic (exact) mass is 290 g/mol. The van der Waals surface area contributed by atoms with Crippen molar-refractivity contribution < 1.29 is 0 Å². The minimum absolute atomic E-state index is 0.0513. The van der Waals surface area contributed by atoms with Crippen molar-refractivity contribution in [2.75, 3.05) is 24.5 Å². The van der Waals surface area contributed by atoms with Crippen LogP contribution in [0, 0.1) is 12.8 Å². The van der Waals surface area contributed by atoms with E-state index in [1.165, 1.54) is 0 Å². The summed E-state index contributed by atoms with van der Waals surface area (Å²) in [4.78, 5) is 19.3. The van der Waals surface area contributed by atoms with Crippen molar-refractivity contribution >= 4 is 11.5 Å². The molecule has 7 nitrogen and oxygen atoms in total. The molecule has 3 heterocycles. The molecule has 3 rings (SSSR count). The zero-order chi connectivity index (χ0) is 15.4. The molecule has 0 aliphatic carbocycles. The lowest BCUT2D eigenvalue weighted by molar-refractivity contribution is 0.375. The van der Waals surface area contributed by atoms with Gasteiger partial charge in [0, 0.05) is 24.5 Å². The van der Waals surface area contributed by atoms with Crippen molar-refractivity contribution in [3.63, 3.8) is 0 Å². The lowest BCUT2D eigenvalue weighted by Crippen LogP contribution is -2.51. The minimum atomic E-state index is -0.301. The molecule has 0 atom stereocenters. The highest BCUT2D eigenvalue weighted by molar-refractivity contribution is 5.56. The van der Waals surface area contributed by atoms with Crippen LogP contribution in [0.5, 0.6) is 0 Å². The maximum Gasteiger partial charge on any atom is 0.280 e. The van der Waals surface area contributed by atoms with E-state index in [0.29, 0.717) is 18.0 Å². The quantitative estimate of drug-likeness (QED) is 0.863. The molecule has 1 saturated heterocycles. The number of imidazole rings is 1. The molecule has 2 N–H and O–H groups in total. The van der Waals surface area contributed by atoms with Gasteiger partial charge in [-0.25, -0.2) is 4.98 Å². The molecule has 7 heteroatoms. The van der Waals surface area contributed by atoms with Gasteiger partial charge in [-0.05, 0) is 34.2 Å². The third-order valence-electron chi connectivity index (χ3n) is 4.01. The third kappa shape index (κ3) is 2.12. The van der Waals surface area contributed by atoms with Gasteiger partial charge in [0.25, 0.3) is 5.56 Å². The van der Waals surface area contributed by atoms with Crippen molar-refractivity contribution in [1.82, 2.24) is 19.2 Å². The lowest BCUT2D eigenvalue weighted by Gasteiger charge is -2.38. The van der Waals surface area contributed by atoms with Gasteiger partial charge in [0.05, 0.1) is 5.69 Å². The average Bonchev–Trinajstić information content (AvgIpc) is 2.65. The fourth-order valence-electron chi connectivity index (χ4n) is 2.69. The van der Waals surface area contributed by atoms with Crippen molar-refractivity contribution in [3.8, 4) is 0 Å². The molecule has 21 heavy (non-hydrogen) atoms. The summed E-state index contributed by atoms with van der Waals surface area (Å²) in [6.45, 7) is 10.2. The molecular weight excluding hydrogens is 268 g/mol. The number of anilines is 1. The van der Waals surface area contributed by atoms with Crippen LogP contribution in [0.15, 0.2) is 11.1 Å². The van der Waals surface area contributed by atoms with E-state index < -0.39 is 0 Å². The van der Waals surface area contributed by atoms with E-state index in [1.54, 1.807) is 15.4 Å². The first-order valence-electron chi connectivity index (χ1n) is 7.25. The van der Waals surface area contributed by atoms with E-state index in [9.17, 15) is 4.79 Å². The van der Waals surface area contributed by atoms with E-state index >= 15 is 0 Å². The number of aromatic nitrogens is 4. The van der Waals surface area contributed by atoms with E-state index in [4.69, 9.17) is 5.73 Å². The van der Waals surface area contributed by atoms with Gasteiger partial charge in [-0.2, -0.15) is 9.61 Å². The second kappa shape index (κ2) is 4.56. The molecule has 0 spiro atoms. The largest absolute Gasteiger partial charge is 0.340 e. The maximum absolute atomic E-state index is 12.7. The Morgan fingerprint density at radius 2 is 2.05 bits per heavy atom. The number of aryl methyl sites for hydroxylation is 1. The number of nitrogens with zero attached hydrogens (tertiary/aromatic N) is 5. The third-order valence-corrected chi connectivity index (χ3v) is 4.01. The zero-order valence-corrected chi connectivity index (χ0v) is 13.0. The summed E-state index contributed by atoms with van der Waals surface area (Å²) in [7, 11) is 0. The summed E-state index contributed by atoms with van der Waals surface area (Å²) in [5.41, 5.74) is 6.58. The van der Waals surface area contributed by atoms with Gasteiger partial charge >= 0.3 is 0 Å². The van der Waals surface area contributed by atoms with E-state index in [0.717, 1.165) is 24.7 Å². The molecule has 0 radical (unpaired) electrons. The molecule has 0 saturated carbocycles. The number of nitrogens with two attached hydrogens (primary N) is 1. The summed E-state index contributed by atoms with van der Waals surface area (Å²) >= 11 is 0. The van der Waals surface area contributed by atoms with Crippen LogP contribution in [0.25, 0.3) is 5.52 Å². The van der Waals surface area contributed by atoms with Crippen LogP contribution < -0.4 is 16.2 Å². The normalized spacial score (nSPS) is 16.5. The molecular formula is C14H22N6O. The Kier molecular flexibility index (Phi) is 3.05. The topological polar surface area (TPSA) is 81.4 Å². The summed E-state index contributed by atoms with van der Waals surface area (Å²) in [5, 5.41) is 4.43. The Hall–Kier alpha value is -1.89. The van der Waals surface area contributed by atoms with Gasteiger partial charge in [0.15, 0.2) is 5.52 Å². The average molecular weight is 290 g/mol. The zero-order valence-electron chi connectivity index (χ0n) is 13.0. The predicted octanol–water partition coefficient (Wildman–Crippen LogP) is 0.349. The molecule has 1 aliphatic heterocycles. The summed E-state index contributed by atoms with van der Waals surface area (Å²) in [5.74, 6) is 1.25. The first-order valence-corrected chi connectivity index (χ1v) is 7.25. The molecule has 0 bridgehead atoms. The van der Waals surface area contributed by atoms with Gasteiger partial charge in [-0.1, -0.05) is 0 Å². The number of hydrogen-bond donors (Lipinski definition) is 1. The van der Waals surface area contributed by atoms with Gasteiger partial charge in [-0.3, -0.25) is 9.36 Å². The Morgan fingerprint density at radius 1 is 1.38 bits per heavy atom. The molecule has 2 aromatic rings. The van der Waals surface area contributed by atoms with Crippen molar-refractivity contribution in [1.29, 1.82) is 0 Å². The van der Waals surface area contributed by atoms with E-state index in [-0.39, 0.29) is 11.1 Å². The van der Waals surface area contributed by atoms with Gasteiger partial charge < -0.3 is 10.6 Å². The van der Waals surface area contributed by atoms with Crippen LogP contribution >= 0.6 is 0 Å². The fraction of sp³-hybridized carbons (Fsp3) is 0.643. The van der Waals surface area contributed by atoms with Crippen LogP contribution in [0.3, 0.4) is 0 Å². The highest BCUT2D eigenvalue weighted by Gasteiger charge is 2.30. The maximum atomic E-state index is 12.7. The predicted molar refractivity (Wildman–Crippen MR) is 81.7 cm³/mol. The molecule has 1 aliphatic rings. The van der Waals surface area contributed by atoms with Crippen molar-refractivity contribution in [2.24, 2.45) is 11.7 Å². The lowest BCUT2D eigenvalue weighted by atomic mass is 10.0. The number of fused-ring (bicyclic) bond motifs is 1. The minimum Gasteiger partial charge on any atom is -0.340 e. The Morgan fingerprint density at radius 3 is 2.62 bits per heavy atom. The Bertz CT molecular complexity index is 732. The van der Waals surface area contributed by atoms with Gasteiger partial charge in [0.2, 0.25) is 5.95 Å². The van der Waals surface area contributed by atoms with Crippen LogP contribution in [-0.4, -0.2) is 38.8 Å². The first kappa shape index (κ1) is 14.1. The summed E-state index contributed by atoms with van der Waals surface area (Å²) in [6, 6.07) is 0. The van der Waals surface area contributed by atoms with Crippen LogP contribution in [0.1, 0.15) is 26.5 Å². The molecule has 1 fully saturated rings.